The van der Waals surface area contributed by atoms with Crippen molar-refractivity contribution < 1.29 is 5.11 Å². The highest BCUT2D eigenvalue weighted by Gasteiger charge is 2.35. The van der Waals surface area contributed by atoms with E-state index < -0.39 is 0 Å². The van der Waals surface area contributed by atoms with Crippen LogP contribution in [-0.2, 0) is 5.41 Å². The van der Waals surface area contributed by atoms with Gasteiger partial charge in [-0.1, -0.05) is 60.5 Å². The zero-order valence-corrected chi connectivity index (χ0v) is 17.2. The first kappa shape index (κ1) is 21.5. The van der Waals surface area contributed by atoms with Crippen LogP contribution in [0.1, 0.15) is 48.8 Å². The molecule has 0 bridgehead atoms. The van der Waals surface area contributed by atoms with Gasteiger partial charge >= 0.3 is 0 Å². The number of hydrogen-bond acceptors (Lipinski definition) is 2. The Bertz CT molecular complexity index is 724. The molecule has 1 saturated heterocycles. The van der Waals surface area contributed by atoms with Crippen molar-refractivity contribution in [3.05, 3.63) is 77.9 Å². The second kappa shape index (κ2) is 9.96. The molecule has 27 heavy (non-hydrogen) atoms. The molecule has 3 heteroatoms. The summed E-state index contributed by atoms with van der Waals surface area (Å²) in [6.07, 6.45) is 7.77. The number of hydrogen-bond donors (Lipinski definition) is 1. The van der Waals surface area contributed by atoms with Gasteiger partial charge in [0.1, 0.15) is 5.75 Å². The number of allylic oxidation sites excluding steroid dienone is 1. The molecule has 1 unspecified atom stereocenters. The quantitative estimate of drug-likeness (QED) is 0.603. The van der Waals surface area contributed by atoms with Crippen molar-refractivity contribution in [2.75, 3.05) is 19.6 Å². The largest absolute Gasteiger partial charge is 0.508 e. The second-order valence-corrected chi connectivity index (χ2v) is 7.61. The van der Waals surface area contributed by atoms with Crippen molar-refractivity contribution in [3.63, 3.8) is 0 Å². The molecule has 1 heterocycles. The molecule has 1 atom stereocenters. The average Bonchev–Trinajstić information content (AvgIpc) is 2.69. The molecule has 0 aliphatic carbocycles. The van der Waals surface area contributed by atoms with Crippen LogP contribution in [0.3, 0.4) is 0 Å². The number of rotatable bonds is 7. The zero-order valence-electron chi connectivity index (χ0n) is 16.4. The van der Waals surface area contributed by atoms with Gasteiger partial charge in [0.2, 0.25) is 0 Å². The van der Waals surface area contributed by atoms with Gasteiger partial charge in [0.25, 0.3) is 0 Å². The fourth-order valence-electron chi connectivity index (χ4n) is 4.33. The van der Waals surface area contributed by atoms with Crippen molar-refractivity contribution >= 4 is 12.4 Å². The second-order valence-electron chi connectivity index (χ2n) is 7.61. The van der Waals surface area contributed by atoms with Crippen molar-refractivity contribution in [3.8, 4) is 5.75 Å². The van der Waals surface area contributed by atoms with Crippen LogP contribution in [0.15, 0.2) is 61.2 Å². The van der Waals surface area contributed by atoms with E-state index in [9.17, 15) is 5.11 Å². The van der Waals surface area contributed by atoms with Crippen LogP contribution in [0.25, 0.3) is 0 Å². The predicted octanol–water partition coefficient (Wildman–Crippen LogP) is 5.86. The minimum absolute atomic E-state index is 0. The summed E-state index contributed by atoms with van der Waals surface area (Å²) in [6, 6.07) is 16.6. The fraction of sp³-hybridized carbons (Fsp3) is 0.417. The van der Waals surface area contributed by atoms with E-state index in [1.54, 1.807) is 0 Å². The van der Waals surface area contributed by atoms with E-state index in [0.717, 1.165) is 24.9 Å². The third-order valence-electron chi connectivity index (χ3n) is 5.79. The number of likely N-dealkylation sites (tertiary alicyclic amines) is 1. The summed E-state index contributed by atoms with van der Waals surface area (Å²) < 4.78 is 0. The summed E-state index contributed by atoms with van der Waals surface area (Å²) in [5.41, 5.74) is 3.23. The van der Waals surface area contributed by atoms with Gasteiger partial charge in [0, 0.05) is 11.0 Å². The van der Waals surface area contributed by atoms with E-state index in [1.807, 2.05) is 18.2 Å². The first-order valence-electron chi connectivity index (χ1n) is 9.84. The van der Waals surface area contributed by atoms with Crippen LogP contribution < -0.4 is 0 Å². The lowest BCUT2D eigenvalue weighted by atomic mass is 9.69. The predicted molar refractivity (Wildman–Crippen MR) is 117 cm³/mol. The van der Waals surface area contributed by atoms with Crippen molar-refractivity contribution in [2.24, 2.45) is 0 Å². The molecule has 1 N–H and O–H groups in total. The lowest BCUT2D eigenvalue weighted by Gasteiger charge is -2.38. The molecule has 0 aromatic heterocycles. The van der Waals surface area contributed by atoms with Gasteiger partial charge < -0.3 is 10.0 Å². The van der Waals surface area contributed by atoms with Gasteiger partial charge in [-0.25, -0.2) is 0 Å². The Balaban J connectivity index is 0.00000261. The first-order chi connectivity index (χ1) is 12.7. The van der Waals surface area contributed by atoms with Crippen molar-refractivity contribution in [1.29, 1.82) is 0 Å². The number of aryl methyl sites for hydroxylation is 1. The molecule has 2 nitrogen and oxygen atoms in total. The maximum Gasteiger partial charge on any atom is 0.119 e. The molecule has 0 amide bonds. The van der Waals surface area contributed by atoms with Crippen LogP contribution in [0.4, 0.5) is 0 Å². The Morgan fingerprint density at radius 3 is 2.44 bits per heavy atom. The Morgan fingerprint density at radius 2 is 1.78 bits per heavy atom. The monoisotopic (exact) mass is 385 g/mol. The number of benzene rings is 2. The van der Waals surface area contributed by atoms with Crippen molar-refractivity contribution in [2.45, 2.75) is 44.4 Å². The summed E-state index contributed by atoms with van der Waals surface area (Å²) in [7, 11) is 0. The Hall–Kier alpha value is -1.77. The van der Waals surface area contributed by atoms with Gasteiger partial charge in [0.15, 0.2) is 0 Å². The van der Waals surface area contributed by atoms with Crippen LogP contribution in [-0.4, -0.2) is 29.6 Å². The van der Waals surface area contributed by atoms with E-state index in [-0.39, 0.29) is 17.8 Å². The number of aromatic hydroxyl groups is 1. The highest BCUT2D eigenvalue weighted by atomic mass is 35.5. The number of phenols is 1. The molecule has 1 fully saturated rings. The lowest BCUT2D eigenvalue weighted by molar-refractivity contribution is 0.210. The zero-order chi connectivity index (χ0) is 18.4. The standard InChI is InChI=1S/C24H31NO.ClH/c1-3-14-24(21-10-6-4-7-11-21,15-18-25-16-8-5-9-17-25)22-19-20(2)12-13-23(22)26;/h3-4,6-7,10-13,19,26H,1,5,8-9,14-18H2,2H3;1H. The SMILES string of the molecule is C=CCC(CCN1CCCCC1)(c1ccccc1)c1cc(C)ccc1O.Cl. The lowest BCUT2D eigenvalue weighted by Crippen LogP contribution is -2.37. The maximum atomic E-state index is 10.7. The van der Waals surface area contributed by atoms with E-state index in [2.05, 4.69) is 54.8 Å². The Kier molecular flexibility index (Phi) is 7.94. The molecular formula is C24H32ClNO. The number of nitrogens with zero attached hydrogens (tertiary/aromatic N) is 1. The molecule has 0 saturated carbocycles. The van der Waals surface area contributed by atoms with E-state index in [1.165, 1.54) is 43.5 Å². The molecule has 0 radical (unpaired) electrons. The highest BCUT2D eigenvalue weighted by molar-refractivity contribution is 5.85. The molecule has 146 valence electrons. The fourth-order valence-corrected chi connectivity index (χ4v) is 4.33. The van der Waals surface area contributed by atoms with Crippen LogP contribution in [0.5, 0.6) is 5.75 Å². The van der Waals surface area contributed by atoms with Gasteiger partial charge in [-0.15, -0.1) is 19.0 Å². The summed E-state index contributed by atoms with van der Waals surface area (Å²) in [5, 5.41) is 10.7. The Morgan fingerprint density at radius 1 is 1.07 bits per heavy atom. The van der Waals surface area contributed by atoms with Crippen LogP contribution >= 0.6 is 12.4 Å². The Labute approximate surface area is 170 Å². The summed E-state index contributed by atoms with van der Waals surface area (Å²) in [5.74, 6) is 0.389. The van der Waals surface area contributed by atoms with E-state index >= 15 is 0 Å². The smallest absolute Gasteiger partial charge is 0.119 e. The van der Waals surface area contributed by atoms with Crippen LogP contribution in [0.2, 0.25) is 0 Å². The molecule has 2 aromatic rings. The van der Waals surface area contributed by atoms with E-state index in [4.69, 9.17) is 0 Å². The molecule has 0 spiro atoms. The molecule has 1 aliphatic rings. The normalized spacial score (nSPS) is 16.9. The highest BCUT2D eigenvalue weighted by Crippen LogP contribution is 2.44. The molecule has 3 rings (SSSR count). The number of halogens is 1. The van der Waals surface area contributed by atoms with Crippen LogP contribution in [0, 0.1) is 6.92 Å². The van der Waals surface area contributed by atoms with E-state index in [0.29, 0.717) is 5.75 Å². The molecule has 2 aromatic carbocycles. The van der Waals surface area contributed by atoms with Crippen molar-refractivity contribution in [1.82, 2.24) is 4.90 Å². The van der Waals surface area contributed by atoms with Gasteiger partial charge in [-0.3, -0.25) is 0 Å². The summed E-state index contributed by atoms with van der Waals surface area (Å²) >= 11 is 0. The third kappa shape index (κ3) is 4.94. The first-order valence-corrected chi connectivity index (χ1v) is 9.84. The molecule has 1 aliphatic heterocycles. The number of phenolic OH excluding ortho intramolecular Hbond substituents is 1. The van der Waals surface area contributed by atoms with Gasteiger partial charge in [0.05, 0.1) is 0 Å². The molecular weight excluding hydrogens is 354 g/mol. The minimum Gasteiger partial charge on any atom is -0.508 e. The summed E-state index contributed by atoms with van der Waals surface area (Å²) in [4.78, 5) is 2.58. The van der Waals surface area contributed by atoms with Gasteiger partial charge in [-0.2, -0.15) is 0 Å². The number of piperidine rings is 1. The average molecular weight is 386 g/mol. The third-order valence-corrected chi connectivity index (χ3v) is 5.79. The maximum absolute atomic E-state index is 10.7. The topological polar surface area (TPSA) is 23.5 Å². The van der Waals surface area contributed by atoms with Gasteiger partial charge in [-0.05, 0) is 63.9 Å². The minimum atomic E-state index is -0.240. The summed E-state index contributed by atoms with van der Waals surface area (Å²) in [6.45, 7) is 9.58.